The predicted octanol–water partition coefficient (Wildman–Crippen LogP) is 19.0. The summed E-state index contributed by atoms with van der Waals surface area (Å²) in [5.74, 6) is 0. The third-order valence-corrected chi connectivity index (χ3v) is 16.5. The number of fused-ring (bicyclic) bond motifs is 15. The Morgan fingerprint density at radius 2 is 0.750 bits per heavy atom. The fourth-order valence-electron chi connectivity index (χ4n) is 13.3. The Labute approximate surface area is 441 Å². The van der Waals surface area contributed by atoms with Crippen molar-refractivity contribution in [1.29, 1.82) is 0 Å². The van der Waals surface area contributed by atoms with E-state index in [0.29, 0.717) is 0 Å². The molecule has 0 N–H and O–H groups in total. The van der Waals surface area contributed by atoms with E-state index in [1.165, 1.54) is 99.4 Å². The molecule has 76 heavy (non-hydrogen) atoms. The highest BCUT2D eigenvalue weighted by molar-refractivity contribution is 6.13. The van der Waals surface area contributed by atoms with Gasteiger partial charge in [0, 0.05) is 44.2 Å². The van der Waals surface area contributed by atoms with Gasteiger partial charge < -0.3 is 14.0 Å². The van der Waals surface area contributed by atoms with Gasteiger partial charge in [-0.25, -0.2) is 0 Å². The molecule has 1 spiro atoms. The zero-order valence-electron chi connectivity index (χ0n) is 41.5. The molecule has 12 aromatic carbocycles. The maximum atomic E-state index is 2.54. The van der Waals surface area contributed by atoms with Crippen LogP contribution in [0.25, 0.3) is 99.5 Å². The third-order valence-electron chi connectivity index (χ3n) is 16.5. The number of anilines is 3. The molecule has 0 radical (unpaired) electrons. The number of rotatable bonds is 7. The Morgan fingerprint density at radius 1 is 0.276 bits per heavy atom. The summed E-state index contributed by atoms with van der Waals surface area (Å²) in [6.07, 6.45) is 0. The van der Waals surface area contributed by atoms with Crippen LogP contribution in [0, 0.1) is 0 Å². The first-order valence-electron chi connectivity index (χ1n) is 26.3. The van der Waals surface area contributed by atoms with Crippen molar-refractivity contribution in [2.75, 3.05) is 4.90 Å². The molecule has 0 atom stereocenters. The van der Waals surface area contributed by atoms with Gasteiger partial charge in [-0.3, -0.25) is 0 Å². The minimum Gasteiger partial charge on any atom is -0.310 e. The first-order chi connectivity index (χ1) is 37.7. The molecule has 1 aliphatic carbocycles. The molecule has 16 rings (SSSR count). The van der Waals surface area contributed by atoms with Crippen LogP contribution in [0.5, 0.6) is 0 Å². The molecule has 0 saturated heterocycles. The standard InChI is InChI=1S/C73H47N3/c1-2-18-48(19-3-1)51-20-16-21-52(46-51)56-22-6-12-32-67(56)74(53-40-36-49(37-41-53)50-38-42-54(43-39-50)75-68-33-13-7-25-59(68)60-26-8-14-34-69(60)75)55-44-45-71-66(47-55)73(63-29-10-4-23-57(63)58-24-5-11-30-64(58)73)65-31-17-28-62-61-27-9-15-35-70(61)76(71)72(62)65/h1-47H. The molecule has 14 aromatic rings. The van der Waals surface area contributed by atoms with Gasteiger partial charge >= 0.3 is 0 Å². The highest BCUT2D eigenvalue weighted by Crippen LogP contribution is 2.62. The van der Waals surface area contributed by atoms with Gasteiger partial charge in [0.15, 0.2) is 0 Å². The van der Waals surface area contributed by atoms with E-state index in [1.54, 1.807) is 0 Å². The number of nitrogens with zero attached hydrogens (tertiary/aromatic N) is 3. The topological polar surface area (TPSA) is 13.1 Å². The fourth-order valence-corrected chi connectivity index (χ4v) is 13.3. The Kier molecular flexibility index (Phi) is 9.25. The van der Waals surface area contributed by atoms with Crippen molar-refractivity contribution >= 4 is 60.7 Å². The largest absolute Gasteiger partial charge is 0.310 e. The highest BCUT2D eigenvalue weighted by Gasteiger charge is 2.51. The van der Waals surface area contributed by atoms with Crippen LogP contribution in [0.2, 0.25) is 0 Å². The molecule has 0 fully saturated rings. The number of hydrogen-bond acceptors (Lipinski definition) is 1. The van der Waals surface area contributed by atoms with Crippen LogP contribution in [0.15, 0.2) is 285 Å². The zero-order chi connectivity index (χ0) is 49.9. The summed E-state index contributed by atoms with van der Waals surface area (Å²) in [5, 5.41) is 5.07. The van der Waals surface area contributed by atoms with Gasteiger partial charge in [0.25, 0.3) is 0 Å². The second-order valence-corrected chi connectivity index (χ2v) is 20.4. The van der Waals surface area contributed by atoms with Gasteiger partial charge in [0.1, 0.15) is 0 Å². The summed E-state index contributed by atoms with van der Waals surface area (Å²) >= 11 is 0. The molecule has 2 aromatic heterocycles. The number of aromatic nitrogens is 2. The molecule has 0 saturated carbocycles. The molecule has 3 nitrogen and oxygen atoms in total. The van der Waals surface area contributed by atoms with Gasteiger partial charge in [0.05, 0.1) is 38.9 Å². The van der Waals surface area contributed by atoms with Crippen LogP contribution in [-0.4, -0.2) is 9.13 Å². The number of hydrogen-bond donors (Lipinski definition) is 0. The molecule has 2 aliphatic rings. The van der Waals surface area contributed by atoms with Crippen molar-refractivity contribution in [3.05, 3.63) is 307 Å². The summed E-state index contributed by atoms with van der Waals surface area (Å²) in [4.78, 5) is 2.49. The third kappa shape index (κ3) is 6.05. The van der Waals surface area contributed by atoms with Crippen LogP contribution in [0.1, 0.15) is 22.3 Å². The Balaban J connectivity index is 0.903. The monoisotopic (exact) mass is 965 g/mol. The van der Waals surface area contributed by atoms with Gasteiger partial charge in [0.2, 0.25) is 0 Å². The summed E-state index contributed by atoms with van der Waals surface area (Å²) in [7, 11) is 0. The van der Waals surface area contributed by atoms with Crippen LogP contribution in [0.4, 0.5) is 17.1 Å². The molecule has 354 valence electrons. The quantitative estimate of drug-likeness (QED) is 0.155. The average Bonchev–Trinajstić information content (AvgIpc) is 4.32. The minimum absolute atomic E-state index is 0.590. The van der Waals surface area contributed by atoms with Crippen LogP contribution in [-0.2, 0) is 5.41 Å². The number of benzene rings is 12. The van der Waals surface area contributed by atoms with E-state index in [-0.39, 0.29) is 0 Å². The van der Waals surface area contributed by atoms with Gasteiger partial charge in [-0.1, -0.05) is 212 Å². The molecule has 0 bridgehead atoms. The lowest BCUT2D eigenvalue weighted by Gasteiger charge is -2.40. The maximum absolute atomic E-state index is 2.54. The SMILES string of the molecule is c1ccc(-c2cccc(-c3ccccc3N(c3ccc(-c4ccc(-n5c6ccccc6c6ccccc65)cc4)cc3)c3ccc4c(c3)C3(c5ccccc5-c5ccccc53)c3cccc5c6ccccc6n-4c35)c2)cc1. The van der Waals surface area contributed by atoms with Crippen LogP contribution >= 0.6 is 0 Å². The second kappa shape index (κ2) is 16.5. The summed E-state index contributed by atoms with van der Waals surface area (Å²) < 4.78 is 4.93. The summed E-state index contributed by atoms with van der Waals surface area (Å²) in [6, 6.07) is 106. The lowest BCUT2D eigenvalue weighted by Crippen LogP contribution is -2.33. The fraction of sp³-hybridized carbons (Fsp3) is 0.0137. The van der Waals surface area contributed by atoms with Crippen molar-refractivity contribution in [2.24, 2.45) is 0 Å². The predicted molar refractivity (Wildman–Crippen MR) is 317 cm³/mol. The lowest BCUT2D eigenvalue weighted by molar-refractivity contribution is 0.748. The molecular formula is C73H47N3. The van der Waals surface area contributed by atoms with Gasteiger partial charge in [-0.15, -0.1) is 0 Å². The smallest absolute Gasteiger partial charge is 0.0755 e. The molecule has 1 aliphatic heterocycles. The Bertz CT molecular complexity index is 4530. The van der Waals surface area contributed by atoms with Gasteiger partial charge in [-0.2, -0.15) is 0 Å². The van der Waals surface area contributed by atoms with E-state index >= 15 is 0 Å². The van der Waals surface area contributed by atoms with E-state index in [0.717, 1.165) is 39.4 Å². The Hall–Kier alpha value is -9.96. The van der Waals surface area contributed by atoms with E-state index < -0.39 is 5.41 Å². The highest BCUT2D eigenvalue weighted by atomic mass is 15.1. The number of para-hydroxylation sites is 5. The zero-order valence-corrected chi connectivity index (χ0v) is 41.5. The van der Waals surface area contributed by atoms with Gasteiger partial charge in [-0.05, 0) is 134 Å². The lowest BCUT2D eigenvalue weighted by atomic mass is 9.65. The van der Waals surface area contributed by atoms with Crippen LogP contribution < -0.4 is 4.90 Å². The first-order valence-corrected chi connectivity index (χ1v) is 26.3. The van der Waals surface area contributed by atoms with Crippen molar-refractivity contribution in [3.8, 4) is 55.9 Å². The molecule has 0 unspecified atom stereocenters. The average molecular weight is 966 g/mol. The van der Waals surface area contributed by atoms with E-state index in [2.05, 4.69) is 299 Å². The Morgan fingerprint density at radius 3 is 1.43 bits per heavy atom. The molecule has 0 amide bonds. The normalized spacial score (nSPS) is 12.8. The van der Waals surface area contributed by atoms with Crippen molar-refractivity contribution in [3.63, 3.8) is 0 Å². The molecule has 3 heteroatoms. The van der Waals surface area contributed by atoms with Crippen molar-refractivity contribution < 1.29 is 0 Å². The molecular weight excluding hydrogens is 919 g/mol. The van der Waals surface area contributed by atoms with Crippen LogP contribution in [0.3, 0.4) is 0 Å². The summed E-state index contributed by atoms with van der Waals surface area (Å²) in [5.41, 5.74) is 24.7. The van der Waals surface area contributed by atoms with E-state index in [4.69, 9.17) is 0 Å². The minimum atomic E-state index is -0.590. The van der Waals surface area contributed by atoms with Crippen molar-refractivity contribution in [1.82, 2.24) is 9.13 Å². The first kappa shape index (κ1) is 42.5. The summed E-state index contributed by atoms with van der Waals surface area (Å²) in [6.45, 7) is 0. The second-order valence-electron chi connectivity index (χ2n) is 20.4. The van der Waals surface area contributed by atoms with E-state index in [1.807, 2.05) is 0 Å². The van der Waals surface area contributed by atoms with Crippen molar-refractivity contribution in [2.45, 2.75) is 5.41 Å². The molecule has 3 heterocycles. The van der Waals surface area contributed by atoms with E-state index in [9.17, 15) is 0 Å². The maximum Gasteiger partial charge on any atom is 0.0755 e.